The van der Waals surface area contributed by atoms with E-state index in [2.05, 4.69) is 36.0 Å². The molecule has 1 aromatic rings. The normalized spacial score (nSPS) is 11.8. The molecular weight excluding hydrogens is 258 g/mol. The van der Waals surface area contributed by atoms with Gasteiger partial charge < -0.3 is 13.3 Å². The Balaban J connectivity index is 2.61. The summed E-state index contributed by atoms with van der Waals surface area (Å²) in [6, 6.07) is 5.05. The maximum absolute atomic E-state index is 5.43. The molecule has 5 heteroatoms. The molecule has 0 spiro atoms. The van der Waals surface area contributed by atoms with Crippen LogP contribution in [0.15, 0.2) is 24.5 Å². The first-order valence-electron chi connectivity index (χ1n) is 6.83. The Labute approximate surface area is 117 Å². The molecule has 19 heavy (non-hydrogen) atoms. The van der Waals surface area contributed by atoms with Gasteiger partial charge in [-0.3, -0.25) is 0 Å². The van der Waals surface area contributed by atoms with E-state index in [0.717, 1.165) is 19.0 Å². The number of aryl methyl sites for hydroxylation is 2. The monoisotopic (exact) mass is 284 g/mol. The highest BCUT2D eigenvalue weighted by Crippen LogP contribution is 2.12. The molecule has 1 heterocycles. The molecule has 4 nitrogen and oxygen atoms in total. The summed E-state index contributed by atoms with van der Waals surface area (Å²) >= 11 is 0. The SMILES string of the molecule is CCCCc1ccc[n+](CC[Si](OC)(OC)OC)c1. The highest BCUT2D eigenvalue weighted by atomic mass is 28.4. The van der Waals surface area contributed by atoms with Gasteiger partial charge in [0.15, 0.2) is 18.9 Å². The van der Waals surface area contributed by atoms with E-state index in [1.165, 1.54) is 18.4 Å². The van der Waals surface area contributed by atoms with E-state index in [9.17, 15) is 0 Å². The maximum Gasteiger partial charge on any atom is 0.506 e. The first kappa shape index (κ1) is 16.3. The van der Waals surface area contributed by atoms with Gasteiger partial charge in [-0.05, 0) is 18.9 Å². The van der Waals surface area contributed by atoms with Crippen molar-refractivity contribution in [1.82, 2.24) is 0 Å². The molecule has 108 valence electrons. The summed E-state index contributed by atoms with van der Waals surface area (Å²) in [5.41, 5.74) is 1.38. The highest BCUT2D eigenvalue weighted by Gasteiger charge is 2.38. The van der Waals surface area contributed by atoms with Gasteiger partial charge in [-0.25, -0.2) is 4.57 Å². The van der Waals surface area contributed by atoms with Crippen LogP contribution in [0.4, 0.5) is 0 Å². The summed E-state index contributed by atoms with van der Waals surface area (Å²) in [4.78, 5) is 0. The minimum absolute atomic E-state index is 0.776. The number of hydrogen-bond donors (Lipinski definition) is 0. The Morgan fingerprint density at radius 3 is 2.42 bits per heavy atom. The highest BCUT2D eigenvalue weighted by molar-refractivity contribution is 6.60. The molecular formula is C14H26NO3Si+. The minimum Gasteiger partial charge on any atom is -0.377 e. The smallest absolute Gasteiger partial charge is 0.377 e. The lowest BCUT2D eigenvalue weighted by Crippen LogP contribution is -2.47. The maximum atomic E-state index is 5.43. The third-order valence-corrected chi connectivity index (χ3v) is 6.05. The average molecular weight is 284 g/mol. The fourth-order valence-electron chi connectivity index (χ4n) is 2.07. The van der Waals surface area contributed by atoms with Crippen molar-refractivity contribution in [2.24, 2.45) is 0 Å². The number of nitrogens with zero attached hydrogens (tertiary/aromatic N) is 1. The molecule has 0 aliphatic rings. The molecule has 1 aromatic heterocycles. The summed E-state index contributed by atoms with van der Waals surface area (Å²) < 4.78 is 18.5. The molecule has 0 fully saturated rings. The van der Waals surface area contributed by atoms with E-state index >= 15 is 0 Å². The van der Waals surface area contributed by atoms with Gasteiger partial charge in [0, 0.05) is 33.0 Å². The van der Waals surface area contributed by atoms with Crippen molar-refractivity contribution in [3.63, 3.8) is 0 Å². The molecule has 0 aliphatic heterocycles. The van der Waals surface area contributed by atoms with Crippen LogP contribution in [0.3, 0.4) is 0 Å². The van der Waals surface area contributed by atoms with Crippen molar-refractivity contribution < 1.29 is 17.8 Å². The molecule has 0 amide bonds. The molecule has 0 saturated heterocycles. The Morgan fingerprint density at radius 1 is 1.16 bits per heavy atom. The number of aromatic nitrogens is 1. The Hall–Kier alpha value is -0.753. The standard InChI is InChI=1S/C14H26NO3Si/c1-5-6-8-14-9-7-10-15(13-14)11-12-19(16-2,17-3)18-4/h7,9-10,13H,5-6,8,11-12H2,1-4H3/q+1. The van der Waals surface area contributed by atoms with Crippen LogP contribution in [0.1, 0.15) is 25.3 Å². The second-order valence-corrected chi connectivity index (χ2v) is 7.69. The van der Waals surface area contributed by atoms with E-state index in [4.69, 9.17) is 13.3 Å². The van der Waals surface area contributed by atoms with Crippen LogP contribution in [0.25, 0.3) is 0 Å². The molecule has 0 atom stereocenters. The van der Waals surface area contributed by atoms with E-state index < -0.39 is 8.80 Å². The number of hydrogen-bond acceptors (Lipinski definition) is 3. The van der Waals surface area contributed by atoms with Crippen LogP contribution in [-0.4, -0.2) is 30.1 Å². The quantitative estimate of drug-likeness (QED) is 0.514. The van der Waals surface area contributed by atoms with E-state index in [1.807, 2.05) is 0 Å². The van der Waals surface area contributed by atoms with Gasteiger partial charge in [-0.15, -0.1) is 0 Å². The van der Waals surface area contributed by atoms with Gasteiger partial charge >= 0.3 is 8.80 Å². The molecule has 0 bridgehead atoms. The van der Waals surface area contributed by atoms with Crippen LogP contribution in [-0.2, 0) is 26.2 Å². The van der Waals surface area contributed by atoms with Crippen molar-refractivity contribution in [1.29, 1.82) is 0 Å². The Bertz CT molecular complexity index is 361. The lowest BCUT2D eigenvalue weighted by molar-refractivity contribution is -0.694. The fraction of sp³-hybridized carbons (Fsp3) is 0.643. The van der Waals surface area contributed by atoms with E-state index in [0.29, 0.717) is 0 Å². The predicted molar refractivity (Wildman–Crippen MR) is 76.8 cm³/mol. The third kappa shape index (κ3) is 5.02. The topological polar surface area (TPSA) is 31.6 Å². The first-order chi connectivity index (χ1) is 9.19. The van der Waals surface area contributed by atoms with Gasteiger partial charge in [-0.1, -0.05) is 13.3 Å². The predicted octanol–water partition coefficient (Wildman–Crippen LogP) is 2.19. The lowest BCUT2D eigenvalue weighted by atomic mass is 10.1. The zero-order chi connectivity index (χ0) is 14.1. The van der Waals surface area contributed by atoms with Crippen molar-refractivity contribution in [2.45, 2.75) is 38.8 Å². The minimum atomic E-state index is -2.46. The number of rotatable bonds is 9. The van der Waals surface area contributed by atoms with Gasteiger partial charge in [0.2, 0.25) is 0 Å². The van der Waals surface area contributed by atoms with Gasteiger partial charge in [-0.2, -0.15) is 0 Å². The third-order valence-electron chi connectivity index (χ3n) is 3.35. The molecule has 0 N–H and O–H groups in total. The summed E-state index contributed by atoms with van der Waals surface area (Å²) in [5, 5.41) is 0. The Morgan fingerprint density at radius 2 is 1.84 bits per heavy atom. The van der Waals surface area contributed by atoms with Crippen LogP contribution in [0.2, 0.25) is 6.04 Å². The number of pyridine rings is 1. The summed E-state index contributed by atoms with van der Waals surface area (Å²) in [6.07, 6.45) is 7.88. The summed E-state index contributed by atoms with van der Waals surface area (Å²) in [6.45, 7) is 3.06. The first-order valence-corrected chi connectivity index (χ1v) is 8.76. The van der Waals surface area contributed by atoms with E-state index in [1.54, 1.807) is 21.3 Å². The van der Waals surface area contributed by atoms with E-state index in [-0.39, 0.29) is 0 Å². The molecule has 1 rings (SSSR count). The zero-order valence-corrected chi connectivity index (χ0v) is 13.5. The van der Waals surface area contributed by atoms with Crippen molar-refractivity contribution in [2.75, 3.05) is 21.3 Å². The summed E-state index contributed by atoms with van der Waals surface area (Å²) in [5.74, 6) is 0. The number of unbranched alkanes of at least 4 members (excludes halogenated alkanes) is 1. The average Bonchev–Trinajstić information content (AvgIpc) is 2.47. The van der Waals surface area contributed by atoms with Crippen LogP contribution in [0, 0.1) is 0 Å². The van der Waals surface area contributed by atoms with Gasteiger partial charge in [0.05, 0.1) is 6.04 Å². The second-order valence-electron chi connectivity index (χ2n) is 4.60. The van der Waals surface area contributed by atoms with Crippen molar-refractivity contribution in [3.05, 3.63) is 30.1 Å². The van der Waals surface area contributed by atoms with Gasteiger partial charge in [0.1, 0.15) is 0 Å². The fourth-order valence-corrected chi connectivity index (χ4v) is 3.71. The van der Waals surface area contributed by atoms with Crippen molar-refractivity contribution >= 4 is 8.80 Å². The largest absolute Gasteiger partial charge is 0.506 e. The van der Waals surface area contributed by atoms with Crippen LogP contribution in [0.5, 0.6) is 0 Å². The zero-order valence-electron chi connectivity index (χ0n) is 12.5. The molecule has 0 aromatic carbocycles. The lowest BCUT2D eigenvalue weighted by Gasteiger charge is -2.22. The van der Waals surface area contributed by atoms with Crippen LogP contribution >= 0.6 is 0 Å². The van der Waals surface area contributed by atoms with Gasteiger partial charge in [0.25, 0.3) is 0 Å². The Kier molecular flexibility index (Phi) is 7.23. The molecule has 0 aliphatic carbocycles. The molecule has 0 unspecified atom stereocenters. The second kappa shape index (κ2) is 8.42. The molecule has 0 saturated carbocycles. The van der Waals surface area contributed by atoms with Crippen LogP contribution < -0.4 is 4.57 Å². The molecule has 0 radical (unpaired) electrons. The van der Waals surface area contributed by atoms with Crippen molar-refractivity contribution in [3.8, 4) is 0 Å². The summed E-state index contributed by atoms with van der Waals surface area (Å²) in [7, 11) is 2.50.